The van der Waals surface area contributed by atoms with Crippen LogP contribution in [0.25, 0.3) is 5.57 Å². The molecule has 0 bridgehead atoms. The first-order valence-corrected chi connectivity index (χ1v) is 8.45. The van der Waals surface area contributed by atoms with E-state index in [9.17, 15) is 4.79 Å². The van der Waals surface area contributed by atoms with E-state index >= 15 is 0 Å². The van der Waals surface area contributed by atoms with E-state index in [4.69, 9.17) is 9.47 Å². The molecule has 2 amide bonds. The van der Waals surface area contributed by atoms with Crippen molar-refractivity contribution in [3.63, 3.8) is 0 Å². The molecule has 0 aliphatic carbocycles. The van der Waals surface area contributed by atoms with Gasteiger partial charge in [0.25, 0.3) is 0 Å². The van der Waals surface area contributed by atoms with Crippen molar-refractivity contribution in [2.75, 3.05) is 19.9 Å². The molecule has 0 aromatic heterocycles. The summed E-state index contributed by atoms with van der Waals surface area (Å²) >= 11 is 0. The van der Waals surface area contributed by atoms with Gasteiger partial charge >= 0.3 is 6.03 Å². The fourth-order valence-corrected chi connectivity index (χ4v) is 3.11. The van der Waals surface area contributed by atoms with Crippen LogP contribution in [0.4, 0.5) is 4.79 Å². The molecule has 4 rings (SSSR count). The molecule has 5 heteroatoms. The van der Waals surface area contributed by atoms with E-state index in [2.05, 4.69) is 23.5 Å². The number of ether oxygens (including phenoxy) is 2. The minimum atomic E-state index is -0.0407. The number of fused-ring (bicyclic) bond motifs is 1. The van der Waals surface area contributed by atoms with Crippen molar-refractivity contribution in [2.24, 2.45) is 0 Å². The Labute approximate surface area is 146 Å². The molecule has 2 aliphatic heterocycles. The topological polar surface area (TPSA) is 50.8 Å². The van der Waals surface area contributed by atoms with Gasteiger partial charge in [-0.05, 0) is 35.3 Å². The third kappa shape index (κ3) is 3.45. The van der Waals surface area contributed by atoms with Crippen LogP contribution in [0, 0.1) is 0 Å². The van der Waals surface area contributed by atoms with Gasteiger partial charge in [-0.25, -0.2) is 4.79 Å². The van der Waals surface area contributed by atoms with Gasteiger partial charge in [-0.15, -0.1) is 0 Å². The van der Waals surface area contributed by atoms with Gasteiger partial charge in [0.15, 0.2) is 11.5 Å². The standard InChI is InChI=1S/C20H20N2O3/c23-20(21-13-15-6-7-18-19(12-15)25-14-24-18)22-10-8-17(9-11-22)16-4-2-1-3-5-16/h1-8,12H,9-11,13-14H2,(H,21,23). The van der Waals surface area contributed by atoms with Crippen molar-refractivity contribution in [3.8, 4) is 11.5 Å². The maximum absolute atomic E-state index is 12.4. The Hall–Kier alpha value is -2.95. The molecule has 0 spiro atoms. The molecule has 2 aliphatic rings. The minimum absolute atomic E-state index is 0.0407. The van der Waals surface area contributed by atoms with E-state index in [1.54, 1.807) is 0 Å². The summed E-state index contributed by atoms with van der Waals surface area (Å²) in [6, 6.07) is 16.0. The first kappa shape index (κ1) is 15.6. The molecule has 2 aromatic carbocycles. The molecule has 2 aromatic rings. The fraction of sp³-hybridized carbons (Fsp3) is 0.250. The molecule has 5 nitrogen and oxygen atoms in total. The zero-order valence-corrected chi connectivity index (χ0v) is 13.9. The summed E-state index contributed by atoms with van der Waals surface area (Å²) in [5.74, 6) is 1.49. The predicted molar refractivity (Wildman–Crippen MR) is 95.4 cm³/mol. The van der Waals surface area contributed by atoms with Crippen LogP contribution in [-0.4, -0.2) is 30.8 Å². The highest BCUT2D eigenvalue weighted by Gasteiger charge is 2.18. The number of rotatable bonds is 3. The summed E-state index contributed by atoms with van der Waals surface area (Å²) in [4.78, 5) is 14.2. The van der Waals surface area contributed by atoms with E-state index in [-0.39, 0.29) is 12.8 Å². The van der Waals surface area contributed by atoms with Crippen molar-refractivity contribution in [1.82, 2.24) is 10.2 Å². The van der Waals surface area contributed by atoms with Gasteiger partial charge < -0.3 is 19.7 Å². The molecule has 25 heavy (non-hydrogen) atoms. The fourth-order valence-electron chi connectivity index (χ4n) is 3.11. The number of amides is 2. The smallest absolute Gasteiger partial charge is 0.317 e. The summed E-state index contributed by atoms with van der Waals surface area (Å²) in [6.07, 6.45) is 3.01. The van der Waals surface area contributed by atoms with Gasteiger partial charge in [-0.2, -0.15) is 0 Å². The van der Waals surface area contributed by atoms with Gasteiger partial charge in [-0.3, -0.25) is 0 Å². The lowest BCUT2D eigenvalue weighted by molar-refractivity contribution is 0.174. The average molecular weight is 336 g/mol. The van der Waals surface area contributed by atoms with Crippen molar-refractivity contribution >= 4 is 11.6 Å². The highest BCUT2D eigenvalue weighted by Crippen LogP contribution is 2.32. The van der Waals surface area contributed by atoms with Crippen LogP contribution < -0.4 is 14.8 Å². The van der Waals surface area contributed by atoms with Crippen LogP contribution in [0.1, 0.15) is 17.5 Å². The average Bonchev–Trinajstić information content (AvgIpc) is 3.15. The van der Waals surface area contributed by atoms with Gasteiger partial charge in [-0.1, -0.05) is 42.5 Å². The third-order valence-electron chi connectivity index (χ3n) is 4.52. The van der Waals surface area contributed by atoms with Crippen molar-refractivity contribution in [1.29, 1.82) is 0 Å². The third-order valence-corrected chi connectivity index (χ3v) is 4.52. The Morgan fingerprint density at radius 2 is 1.92 bits per heavy atom. The second kappa shape index (κ2) is 6.89. The SMILES string of the molecule is O=C(NCc1ccc2c(c1)OCO2)N1CC=C(c2ccccc2)CC1. The molecule has 0 atom stereocenters. The lowest BCUT2D eigenvalue weighted by atomic mass is 10.00. The van der Waals surface area contributed by atoms with E-state index in [0.29, 0.717) is 13.1 Å². The van der Waals surface area contributed by atoms with Crippen LogP contribution in [-0.2, 0) is 6.54 Å². The molecule has 0 unspecified atom stereocenters. The second-order valence-corrected chi connectivity index (χ2v) is 6.14. The quantitative estimate of drug-likeness (QED) is 0.934. The molecule has 0 fully saturated rings. The van der Waals surface area contributed by atoms with E-state index in [1.807, 2.05) is 41.3 Å². The van der Waals surface area contributed by atoms with E-state index in [1.165, 1.54) is 11.1 Å². The molecular formula is C20H20N2O3. The molecule has 128 valence electrons. The molecule has 0 saturated heterocycles. The number of carbonyl (C=O) groups excluding carboxylic acids is 1. The summed E-state index contributed by atoms with van der Waals surface area (Å²) in [6.45, 7) is 2.10. The zero-order chi connectivity index (χ0) is 17.1. The molecular weight excluding hydrogens is 316 g/mol. The number of hydrogen-bond acceptors (Lipinski definition) is 3. The number of benzene rings is 2. The van der Waals surface area contributed by atoms with Gasteiger partial charge in [0.05, 0.1) is 0 Å². The van der Waals surface area contributed by atoms with E-state index in [0.717, 1.165) is 30.0 Å². The Morgan fingerprint density at radius 1 is 1.08 bits per heavy atom. The highest BCUT2D eigenvalue weighted by atomic mass is 16.7. The second-order valence-electron chi connectivity index (χ2n) is 6.14. The zero-order valence-electron chi connectivity index (χ0n) is 13.9. The Bertz CT molecular complexity index is 802. The number of urea groups is 1. The largest absolute Gasteiger partial charge is 0.454 e. The van der Waals surface area contributed by atoms with Crippen molar-refractivity contribution in [3.05, 3.63) is 65.7 Å². The van der Waals surface area contributed by atoms with Crippen LogP contribution >= 0.6 is 0 Å². The van der Waals surface area contributed by atoms with Gasteiger partial charge in [0.1, 0.15) is 0 Å². The van der Waals surface area contributed by atoms with E-state index < -0.39 is 0 Å². The Morgan fingerprint density at radius 3 is 2.72 bits per heavy atom. The number of nitrogens with one attached hydrogen (secondary N) is 1. The van der Waals surface area contributed by atoms with Gasteiger partial charge in [0, 0.05) is 19.6 Å². The maximum Gasteiger partial charge on any atom is 0.317 e. The molecule has 0 saturated carbocycles. The molecule has 0 radical (unpaired) electrons. The van der Waals surface area contributed by atoms with Crippen LogP contribution in [0.2, 0.25) is 0 Å². The number of hydrogen-bond donors (Lipinski definition) is 1. The van der Waals surface area contributed by atoms with Crippen molar-refractivity contribution < 1.29 is 14.3 Å². The maximum atomic E-state index is 12.4. The lowest BCUT2D eigenvalue weighted by Gasteiger charge is -2.27. The minimum Gasteiger partial charge on any atom is -0.454 e. The number of nitrogens with zero attached hydrogens (tertiary/aromatic N) is 1. The summed E-state index contributed by atoms with van der Waals surface area (Å²) in [5.41, 5.74) is 3.54. The molecule has 1 N–H and O–H groups in total. The van der Waals surface area contributed by atoms with Crippen LogP contribution in [0.5, 0.6) is 11.5 Å². The predicted octanol–water partition coefficient (Wildman–Crippen LogP) is 3.41. The summed E-state index contributed by atoms with van der Waals surface area (Å²) in [7, 11) is 0. The highest BCUT2D eigenvalue weighted by molar-refractivity contribution is 5.76. The Kier molecular flexibility index (Phi) is 4.29. The molecule has 2 heterocycles. The normalized spacial score (nSPS) is 15.7. The lowest BCUT2D eigenvalue weighted by Crippen LogP contribution is -2.41. The summed E-state index contributed by atoms with van der Waals surface area (Å²) < 4.78 is 10.7. The monoisotopic (exact) mass is 336 g/mol. The van der Waals surface area contributed by atoms with Crippen LogP contribution in [0.3, 0.4) is 0 Å². The first-order chi connectivity index (χ1) is 12.3. The summed E-state index contributed by atoms with van der Waals surface area (Å²) in [5, 5.41) is 2.98. The Balaban J connectivity index is 1.33. The van der Waals surface area contributed by atoms with Crippen molar-refractivity contribution in [2.45, 2.75) is 13.0 Å². The first-order valence-electron chi connectivity index (χ1n) is 8.45. The van der Waals surface area contributed by atoms with Gasteiger partial charge in [0.2, 0.25) is 6.79 Å². The number of carbonyl (C=O) groups is 1. The van der Waals surface area contributed by atoms with Crippen LogP contribution in [0.15, 0.2) is 54.6 Å².